The smallest absolute Gasteiger partial charge is 0.222 e. The van der Waals surface area contributed by atoms with Crippen molar-refractivity contribution in [2.75, 3.05) is 19.6 Å². The van der Waals surface area contributed by atoms with Gasteiger partial charge in [0.25, 0.3) is 0 Å². The summed E-state index contributed by atoms with van der Waals surface area (Å²) in [5, 5.41) is 0. The molecule has 0 spiro atoms. The van der Waals surface area contributed by atoms with Crippen LogP contribution in [-0.2, 0) is 9.53 Å². The number of carbonyl (C=O) groups is 1. The number of halogens is 1. The van der Waals surface area contributed by atoms with E-state index in [9.17, 15) is 4.79 Å². The average Bonchev–Trinajstić information content (AvgIpc) is 3.00. The van der Waals surface area contributed by atoms with Crippen LogP contribution in [0.1, 0.15) is 70.6 Å². The summed E-state index contributed by atoms with van der Waals surface area (Å²) in [6.45, 7) is 2.54. The first-order valence-corrected chi connectivity index (χ1v) is 8.93. The number of ether oxygens (including phenoxy) is 1. The number of amides is 1. The Bertz CT molecular complexity index is 301. The van der Waals surface area contributed by atoms with Crippen LogP contribution in [0.15, 0.2) is 0 Å². The van der Waals surface area contributed by atoms with Crippen LogP contribution in [0, 0.1) is 0 Å². The van der Waals surface area contributed by atoms with Gasteiger partial charge in [-0.2, -0.15) is 0 Å². The molecule has 1 saturated carbocycles. The molecule has 2 fully saturated rings. The minimum atomic E-state index is 0. The number of rotatable bonds is 8. The second kappa shape index (κ2) is 11.3. The van der Waals surface area contributed by atoms with Crippen LogP contribution >= 0.6 is 12.4 Å². The van der Waals surface area contributed by atoms with Crippen molar-refractivity contribution in [1.29, 1.82) is 0 Å². The van der Waals surface area contributed by atoms with Crippen molar-refractivity contribution < 1.29 is 9.53 Å². The first kappa shape index (κ1) is 19.7. The third-order valence-corrected chi connectivity index (χ3v) is 4.83. The van der Waals surface area contributed by atoms with Crippen molar-refractivity contribution in [3.05, 3.63) is 0 Å². The lowest BCUT2D eigenvalue weighted by atomic mass is 10.1. The first-order valence-electron chi connectivity index (χ1n) is 8.93. The number of nitrogens with zero attached hydrogens (tertiary/aromatic N) is 1. The van der Waals surface area contributed by atoms with Gasteiger partial charge in [0.2, 0.25) is 5.91 Å². The highest BCUT2D eigenvalue weighted by molar-refractivity contribution is 5.85. The van der Waals surface area contributed by atoms with E-state index in [0.717, 1.165) is 58.2 Å². The van der Waals surface area contributed by atoms with Crippen molar-refractivity contribution in [3.63, 3.8) is 0 Å². The molecule has 1 saturated heterocycles. The van der Waals surface area contributed by atoms with Crippen LogP contribution in [0.5, 0.6) is 0 Å². The Morgan fingerprint density at radius 1 is 0.955 bits per heavy atom. The van der Waals surface area contributed by atoms with Gasteiger partial charge < -0.3 is 15.4 Å². The largest absolute Gasteiger partial charge is 0.375 e. The molecule has 1 amide bonds. The third-order valence-electron chi connectivity index (χ3n) is 4.83. The minimum absolute atomic E-state index is 0. The zero-order valence-corrected chi connectivity index (χ0v) is 14.6. The Morgan fingerprint density at radius 3 is 2.18 bits per heavy atom. The van der Waals surface area contributed by atoms with Crippen LogP contribution in [0.25, 0.3) is 0 Å². The molecule has 22 heavy (non-hydrogen) atoms. The topological polar surface area (TPSA) is 55.6 Å². The highest BCUT2D eigenvalue weighted by atomic mass is 35.5. The molecule has 0 unspecified atom stereocenters. The van der Waals surface area contributed by atoms with Crippen LogP contribution in [0.4, 0.5) is 0 Å². The van der Waals surface area contributed by atoms with Crippen molar-refractivity contribution in [3.8, 4) is 0 Å². The van der Waals surface area contributed by atoms with E-state index in [1.807, 2.05) is 4.90 Å². The van der Waals surface area contributed by atoms with Gasteiger partial charge in [-0.1, -0.05) is 25.7 Å². The molecule has 0 aromatic rings. The summed E-state index contributed by atoms with van der Waals surface area (Å²) in [7, 11) is 0. The molecule has 0 radical (unpaired) electrons. The van der Waals surface area contributed by atoms with Gasteiger partial charge in [-0.05, 0) is 45.1 Å². The van der Waals surface area contributed by atoms with Gasteiger partial charge in [0.1, 0.15) is 0 Å². The van der Waals surface area contributed by atoms with Crippen molar-refractivity contribution in [2.24, 2.45) is 5.73 Å². The normalized spacial score (nSPS) is 20.1. The Morgan fingerprint density at radius 2 is 1.55 bits per heavy atom. The first-order chi connectivity index (χ1) is 10.3. The predicted octanol–water partition coefficient (Wildman–Crippen LogP) is 3.27. The zero-order chi connectivity index (χ0) is 14.9. The molecular formula is C17H33ClN2O2. The van der Waals surface area contributed by atoms with Gasteiger partial charge in [0.15, 0.2) is 0 Å². The molecule has 0 atom stereocenters. The van der Waals surface area contributed by atoms with E-state index < -0.39 is 0 Å². The summed E-state index contributed by atoms with van der Waals surface area (Å²) in [4.78, 5) is 14.2. The van der Waals surface area contributed by atoms with E-state index in [1.165, 1.54) is 25.7 Å². The van der Waals surface area contributed by atoms with Crippen LogP contribution < -0.4 is 5.73 Å². The summed E-state index contributed by atoms with van der Waals surface area (Å²) < 4.78 is 6.16. The number of hydrogen-bond acceptors (Lipinski definition) is 3. The van der Waals surface area contributed by atoms with Crippen molar-refractivity contribution in [2.45, 2.75) is 82.8 Å². The average molecular weight is 333 g/mol. The van der Waals surface area contributed by atoms with E-state index in [-0.39, 0.29) is 12.4 Å². The number of hydrogen-bond donors (Lipinski definition) is 1. The molecule has 2 aliphatic rings. The predicted molar refractivity (Wildman–Crippen MR) is 92.3 cm³/mol. The monoisotopic (exact) mass is 332 g/mol. The Kier molecular flexibility index (Phi) is 10.1. The molecule has 4 nitrogen and oxygen atoms in total. The maximum absolute atomic E-state index is 12.1. The molecule has 1 aliphatic heterocycles. The molecule has 0 bridgehead atoms. The molecule has 1 aliphatic carbocycles. The van der Waals surface area contributed by atoms with E-state index in [4.69, 9.17) is 10.5 Å². The quantitative estimate of drug-likeness (QED) is 0.694. The molecule has 1 heterocycles. The van der Waals surface area contributed by atoms with E-state index in [2.05, 4.69) is 0 Å². The lowest BCUT2D eigenvalue weighted by molar-refractivity contribution is -0.134. The second-order valence-electron chi connectivity index (χ2n) is 6.58. The van der Waals surface area contributed by atoms with Gasteiger partial charge in [0, 0.05) is 19.5 Å². The number of unbranched alkanes of at least 4 members (excludes halogenated alkanes) is 3. The molecule has 0 aromatic heterocycles. The number of carbonyl (C=O) groups excluding carboxylic acids is 1. The third kappa shape index (κ3) is 6.84. The number of piperidine rings is 1. The minimum Gasteiger partial charge on any atom is -0.375 e. The fourth-order valence-corrected chi connectivity index (χ4v) is 3.47. The molecule has 2 rings (SSSR count). The standard InChI is InChI=1S/C17H32N2O2.ClH/c18-12-6-2-1-3-9-17(20)19-13-10-16(11-14-19)21-15-7-4-5-8-15;/h15-16H,1-14,18H2;1H. The fourth-order valence-electron chi connectivity index (χ4n) is 3.47. The Balaban J connectivity index is 0.00000242. The fraction of sp³-hybridized carbons (Fsp3) is 0.941. The SMILES string of the molecule is Cl.NCCCCCCC(=O)N1CCC(OC2CCCC2)CC1. The van der Waals surface area contributed by atoms with Gasteiger partial charge in [0.05, 0.1) is 12.2 Å². The van der Waals surface area contributed by atoms with E-state index >= 15 is 0 Å². The molecule has 5 heteroatoms. The van der Waals surface area contributed by atoms with Gasteiger partial charge >= 0.3 is 0 Å². The van der Waals surface area contributed by atoms with Crippen LogP contribution in [0.3, 0.4) is 0 Å². The highest BCUT2D eigenvalue weighted by Gasteiger charge is 2.26. The number of nitrogens with two attached hydrogens (primary N) is 1. The van der Waals surface area contributed by atoms with E-state index in [0.29, 0.717) is 24.5 Å². The van der Waals surface area contributed by atoms with Crippen LogP contribution in [-0.4, -0.2) is 42.6 Å². The molecule has 130 valence electrons. The summed E-state index contributed by atoms with van der Waals surface area (Å²) in [5.41, 5.74) is 5.47. The van der Waals surface area contributed by atoms with Crippen molar-refractivity contribution >= 4 is 18.3 Å². The maximum Gasteiger partial charge on any atom is 0.222 e. The van der Waals surface area contributed by atoms with Gasteiger partial charge in [-0.15, -0.1) is 12.4 Å². The lowest BCUT2D eigenvalue weighted by Gasteiger charge is -2.33. The highest BCUT2D eigenvalue weighted by Crippen LogP contribution is 2.25. The van der Waals surface area contributed by atoms with Crippen LogP contribution in [0.2, 0.25) is 0 Å². The molecule has 2 N–H and O–H groups in total. The van der Waals surface area contributed by atoms with E-state index in [1.54, 1.807) is 0 Å². The maximum atomic E-state index is 12.1. The summed E-state index contributed by atoms with van der Waals surface area (Å²) in [6.07, 6.45) is 13.1. The van der Waals surface area contributed by atoms with Gasteiger partial charge in [-0.3, -0.25) is 4.79 Å². The number of likely N-dealkylation sites (tertiary alicyclic amines) is 1. The Labute approximate surface area is 141 Å². The zero-order valence-electron chi connectivity index (χ0n) is 13.8. The molecular weight excluding hydrogens is 300 g/mol. The van der Waals surface area contributed by atoms with Crippen molar-refractivity contribution in [1.82, 2.24) is 4.90 Å². The van der Waals surface area contributed by atoms with Gasteiger partial charge in [-0.25, -0.2) is 0 Å². The summed E-state index contributed by atoms with van der Waals surface area (Å²) >= 11 is 0. The lowest BCUT2D eigenvalue weighted by Crippen LogP contribution is -2.41. The second-order valence-corrected chi connectivity index (χ2v) is 6.58. The Hall–Kier alpha value is -0.320. The summed E-state index contributed by atoms with van der Waals surface area (Å²) in [6, 6.07) is 0. The summed E-state index contributed by atoms with van der Waals surface area (Å²) in [5.74, 6) is 0.335. The molecule has 0 aromatic carbocycles.